The van der Waals surface area contributed by atoms with E-state index in [2.05, 4.69) is 37.8 Å². The van der Waals surface area contributed by atoms with Gasteiger partial charge in [0.1, 0.15) is 0 Å². The third kappa shape index (κ3) is 4.09. The highest BCUT2D eigenvalue weighted by Gasteiger charge is 2.14. The molecule has 0 aliphatic heterocycles. The molecule has 7 heteroatoms. The Bertz CT molecular complexity index is 539. The first-order chi connectivity index (χ1) is 9.06. The van der Waals surface area contributed by atoms with E-state index < -0.39 is 0 Å². The fraction of sp³-hybridized carbons (Fsp3) is 0.417. The fourth-order valence-corrected chi connectivity index (χ4v) is 3.70. The number of anilines is 2. The number of nitrogens with two attached hydrogens (primary N) is 1. The quantitative estimate of drug-likeness (QED) is 0.816. The third-order valence-corrected chi connectivity index (χ3v) is 4.80. The van der Waals surface area contributed by atoms with E-state index in [0.29, 0.717) is 11.6 Å². The summed E-state index contributed by atoms with van der Waals surface area (Å²) < 4.78 is 11.0. The zero-order valence-corrected chi connectivity index (χ0v) is 14.0. The first-order valence-corrected chi connectivity index (χ1v) is 8.34. The van der Waals surface area contributed by atoms with Crippen LogP contribution in [-0.4, -0.2) is 17.0 Å². The molecule has 104 valence electrons. The minimum Gasteiger partial charge on any atom is -0.484 e. The van der Waals surface area contributed by atoms with Gasteiger partial charge in [0.2, 0.25) is 0 Å². The van der Waals surface area contributed by atoms with Crippen LogP contribution >= 0.6 is 38.8 Å². The van der Waals surface area contributed by atoms with Crippen LogP contribution in [0.5, 0.6) is 5.75 Å². The van der Waals surface area contributed by atoms with Crippen LogP contribution in [0.1, 0.15) is 18.7 Å². The van der Waals surface area contributed by atoms with Crippen LogP contribution in [0.4, 0.5) is 10.8 Å². The molecule has 2 rings (SSSR count). The first-order valence-electron chi connectivity index (χ1n) is 5.96. The van der Waals surface area contributed by atoms with Gasteiger partial charge in [-0.3, -0.25) is 0 Å². The Kier molecular flexibility index (Phi) is 5.06. The summed E-state index contributed by atoms with van der Waals surface area (Å²) in [5, 5.41) is 4.24. The Hall–Kier alpha value is -0.790. The predicted molar refractivity (Wildman–Crippen MR) is 86.5 cm³/mol. The zero-order valence-electron chi connectivity index (χ0n) is 10.8. The first kappa shape index (κ1) is 14.6. The number of hydrogen-bond acceptors (Lipinski definition) is 6. The second kappa shape index (κ2) is 6.58. The Morgan fingerprint density at radius 3 is 2.89 bits per heavy atom. The van der Waals surface area contributed by atoms with E-state index in [1.165, 1.54) is 16.4 Å². The van der Waals surface area contributed by atoms with Gasteiger partial charge in [-0.2, -0.15) is 4.37 Å². The lowest BCUT2D eigenvalue weighted by molar-refractivity contribution is 0.245. The molecule has 0 atom stereocenters. The highest BCUT2D eigenvalue weighted by Crippen LogP contribution is 2.35. The molecule has 0 aliphatic carbocycles. The second-order valence-electron chi connectivity index (χ2n) is 4.28. The fourth-order valence-electron chi connectivity index (χ4n) is 1.54. The van der Waals surface area contributed by atoms with Crippen LogP contribution in [0.25, 0.3) is 0 Å². The molecule has 4 nitrogen and oxygen atoms in total. The van der Waals surface area contributed by atoms with Crippen molar-refractivity contribution in [3.05, 3.63) is 20.8 Å². The largest absolute Gasteiger partial charge is 0.484 e. The monoisotopic (exact) mass is 361 g/mol. The van der Waals surface area contributed by atoms with Crippen molar-refractivity contribution in [2.45, 2.75) is 26.4 Å². The topological polar surface area (TPSA) is 60.2 Å². The van der Waals surface area contributed by atoms with Crippen LogP contribution in [0.15, 0.2) is 15.9 Å². The van der Waals surface area contributed by atoms with Crippen LogP contribution in [0.2, 0.25) is 0 Å². The lowest BCUT2D eigenvalue weighted by Crippen LogP contribution is -2.09. The van der Waals surface area contributed by atoms with Crippen molar-refractivity contribution in [2.24, 2.45) is 0 Å². The van der Waals surface area contributed by atoms with Crippen molar-refractivity contribution in [3.8, 4) is 5.75 Å². The minimum atomic E-state index is 0.0903. The number of halogens is 1. The summed E-state index contributed by atoms with van der Waals surface area (Å²) in [6, 6.07) is 4.20. The summed E-state index contributed by atoms with van der Waals surface area (Å²) >= 11 is 6.56. The normalized spacial score (nSPS) is 10.9. The summed E-state index contributed by atoms with van der Waals surface area (Å²) in [5.74, 6) is 1.13. The SMILES string of the molecule is CC(C)Oc1c(N)nsc1NCCc1ccc(Br)s1. The van der Waals surface area contributed by atoms with Gasteiger partial charge in [0, 0.05) is 11.4 Å². The second-order valence-corrected chi connectivity index (χ2v) is 7.60. The Balaban J connectivity index is 1.92. The van der Waals surface area contributed by atoms with Crippen LogP contribution in [0.3, 0.4) is 0 Å². The number of aromatic nitrogens is 1. The Morgan fingerprint density at radius 2 is 2.26 bits per heavy atom. The van der Waals surface area contributed by atoms with E-state index in [4.69, 9.17) is 10.5 Å². The molecule has 0 saturated heterocycles. The van der Waals surface area contributed by atoms with Gasteiger partial charge in [-0.1, -0.05) is 0 Å². The third-order valence-electron chi connectivity index (χ3n) is 2.31. The van der Waals surface area contributed by atoms with Crippen molar-refractivity contribution >= 4 is 49.6 Å². The molecule has 0 aliphatic rings. The number of hydrogen-bond donors (Lipinski definition) is 2. The van der Waals surface area contributed by atoms with Gasteiger partial charge in [-0.25, -0.2) is 0 Å². The summed E-state index contributed by atoms with van der Waals surface area (Å²) in [6.07, 6.45) is 1.06. The van der Waals surface area contributed by atoms with E-state index in [1.807, 2.05) is 13.8 Å². The van der Waals surface area contributed by atoms with Gasteiger partial charge in [-0.05, 0) is 59.9 Å². The molecule has 2 aromatic heterocycles. The average molecular weight is 362 g/mol. The maximum absolute atomic E-state index is 5.81. The number of ether oxygens (including phenoxy) is 1. The molecule has 0 radical (unpaired) electrons. The number of nitrogens with one attached hydrogen (secondary N) is 1. The minimum absolute atomic E-state index is 0.0903. The average Bonchev–Trinajstić information content (AvgIpc) is 2.89. The Labute approximate surface area is 129 Å². The van der Waals surface area contributed by atoms with Crippen LogP contribution in [-0.2, 0) is 6.42 Å². The maximum atomic E-state index is 5.81. The van der Waals surface area contributed by atoms with Crippen LogP contribution < -0.4 is 15.8 Å². The number of thiophene rings is 1. The molecule has 3 N–H and O–H groups in total. The smallest absolute Gasteiger partial charge is 0.197 e. The Morgan fingerprint density at radius 1 is 1.47 bits per heavy atom. The molecule has 0 saturated carbocycles. The van der Waals surface area contributed by atoms with Gasteiger partial charge in [-0.15, -0.1) is 11.3 Å². The number of rotatable bonds is 6. The highest BCUT2D eigenvalue weighted by atomic mass is 79.9. The lowest BCUT2D eigenvalue weighted by atomic mass is 10.3. The standard InChI is InChI=1S/C12H16BrN3OS2/c1-7(2)17-10-11(14)16-19-12(10)15-6-5-8-3-4-9(13)18-8/h3-4,7,15H,5-6H2,1-2H3,(H2,14,16). The van der Waals surface area contributed by atoms with Gasteiger partial charge in [0.15, 0.2) is 16.6 Å². The molecule has 0 spiro atoms. The number of nitrogen functional groups attached to an aromatic ring is 1. The molecule has 2 heterocycles. The molecule has 0 bridgehead atoms. The summed E-state index contributed by atoms with van der Waals surface area (Å²) in [6.45, 7) is 4.79. The van der Waals surface area contributed by atoms with Crippen molar-refractivity contribution in [1.82, 2.24) is 4.37 Å². The molecule has 0 amide bonds. The summed E-state index contributed by atoms with van der Waals surface area (Å²) in [4.78, 5) is 1.34. The number of nitrogens with zero attached hydrogens (tertiary/aromatic N) is 1. The van der Waals surface area contributed by atoms with E-state index >= 15 is 0 Å². The lowest BCUT2D eigenvalue weighted by Gasteiger charge is -2.11. The van der Waals surface area contributed by atoms with Crippen molar-refractivity contribution < 1.29 is 4.74 Å². The predicted octanol–water partition coefficient (Wildman–Crippen LogP) is 3.99. The van der Waals surface area contributed by atoms with E-state index in [-0.39, 0.29) is 6.10 Å². The maximum Gasteiger partial charge on any atom is 0.197 e. The summed E-state index contributed by atoms with van der Waals surface area (Å²) in [7, 11) is 0. The van der Waals surface area contributed by atoms with Gasteiger partial charge >= 0.3 is 0 Å². The summed E-state index contributed by atoms with van der Waals surface area (Å²) in [5.41, 5.74) is 5.81. The van der Waals surface area contributed by atoms with Crippen molar-refractivity contribution in [2.75, 3.05) is 17.6 Å². The van der Waals surface area contributed by atoms with Gasteiger partial charge < -0.3 is 15.8 Å². The zero-order chi connectivity index (χ0) is 13.8. The van der Waals surface area contributed by atoms with Gasteiger partial charge in [0.05, 0.1) is 9.89 Å². The van der Waals surface area contributed by atoms with Gasteiger partial charge in [0.25, 0.3) is 0 Å². The highest BCUT2D eigenvalue weighted by molar-refractivity contribution is 9.11. The molecule has 0 unspecified atom stereocenters. The molecule has 0 fully saturated rings. The molecule has 2 aromatic rings. The molecular weight excluding hydrogens is 346 g/mol. The van der Waals surface area contributed by atoms with Crippen molar-refractivity contribution in [1.29, 1.82) is 0 Å². The molecule has 19 heavy (non-hydrogen) atoms. The van der Waals surface area contributed by atoms with E-state index in [0.717, 1.165) is 21.8 Å². The molecule has 0 aromatic carbocycles. The van der Waals surface area contributed by atoms with E-state index in [9.17, 15) is 0 Å². The van der Waals surface area contributed by atoms with Crippen LogP contribution in [0, 0.1) is 0 Å². The van der Waals surface area contributed by atoms with Crippen molar-refractivity contribution in [3.63, 3.8) is 0 Å². The van der Waals surface area contributed by atoms with E-state index in [1.54, 1.807) is 11.3 Å². The molecular formula is C12H16BrN3OS2.